The fraction of sp³-hybridized carbons (Fsp3) is 0.562. The third-order valence-corrected chi connectivity index (χ3v) is 3.28. The molecule has 2 atom stereocenters. The number of halogens is 3. The smallest absolute Gasteiger partial charge is 0.422 e. The minimum Gasteiger partial charge on any atom is -0.484 e. The van der Waals surface area contributed by atoms with Crippen LogP contribution in [-0.2, 0) is 0 Å². The van der Waals surface area contributed by atoms with Gasteiger partial charge in [-0.1, -0.05) is 13.0 Å². The molecule has 0 aliphatic rings. The molecule has 0 saturated heterocycles. The van der Waals surface area contributed by atoms with Crippen molar-refractivity contribution in [2.45, 2.75) is 39.5 Å². The molecule has 0 spiro atoms. The second kappa shape index (κ2) is 8.77. The molecule has 0 saturated carbocycles. The molecule has 0 aliphatic carbocycles. The number of nitrogens with one attached hydrogen (secondary N) is 2. The molecule has 136 valence electrons. The van der Waals surface area contributed by atoms with Gasteiger partial charge in [0.2, 0.25) is 0 Å². The molecule has 0 aliphatic heterocycles. The van der Waals surface area contributed by atoms with Gasteiger partial charge in [0.25, 0.3) is 0 Å². The standard InChI is InChI=1S/C16H23F3N2O3/c1-10(7-11(2)22)8-20-15(23)21-13-5-4-6-14(12(13)3)24-9-16(17,18)19/h4-6,10-11,22H,7-9H2,1-3H3,(H2,20,21,23)/t10-,11+/m0/s1. The predicted molar refractivity (Wildman–Crippen MR) is 85.2 cm³/mol. The zero-order valence-corrected chi connectivity index (χ0v) is 13.9. The molecule has 0 radical (unpaired) electrons. The SMILES string of the molecule is Cc1c(NC(=O)NC[C@@H](C)C[C@@H](C)O)cccc1OCC(F)(F)F. The second-order valence-corrected chi connectivity index (χ2v) is 5.86. The fourth-order valence-electron chi connectivity index (χ4n) is 2.16. The van der Waals surface area contributed by atoms with Gasteiger partial charge in [-0.2, -0.15) is 13.2 Å². The Morgan fingerprint density at radius 1 is 1.33 bits per heavy atom. The normalized spacial score (nSPS) is 14.0. The van der Waals surface area contributed by atoms with E-state index in [2.05, 4.69) is 10.6 Å². The van der Waals surface area contributed by atoms with E-state index in [0.717, 1.165) is 0 Å². The summed E-state index contributed by atoms with van der Waals surface area (Å²) < 4.78 is 41.4. The van der Waals surface area contributed by atoms with Gasteiger partial charge < -0.3 is 20.5 Å². The zero-order valence-electron chi connectivity index (χ0n) is 13.9. The number of aliphatic hydroxyl groups is 1. The van der Waals surface area contributed by atoms with E-state index < -0.39 is 24.9 Å². The van der Waals surface area contributed by atoms with Gasteiger partial charge in [-0.25, -0.2) is 4.79 Å². The molecule has 1 aromatic rings. The van der Waals surface area contributed by atoms with Crippen molar-refractivity contribution in [2.24, 2.45) is 5.92 Å². The molecule has 8 heteroatoms. The van der Waals surface area contributed by atoms with Crippen molar-refractivity contribution in [3.05, 3.63) is 23.8 Å². The van der Waals surface area contributed by atoms with Crippen molar-refractivity contribution >= 4 is 11.7 Å². The number of carbonyl (C=O) groups excluding carboxylic acids is 1. The third-order valence-electron chi connectivity index (χ3n) is 3.28. The van der Waals surface area contributed by atoms with E-state index in [1.54, 1.807) is 19.9 Å². The van der Waals surface area contributed by atoms with Crippen LogP contribution in [-0.4, -0.2) is 36.6 Å². The van der Waals surface area contributed by atoms with E-state index in [4.69, 9.17) is 4.74 Å². The number of benzene rings is 1. The third kappa shape index (κ3) is 7.54. The van der Waals surface area contributed by atoms with E-state index in [-0.39, 0.29) is 11.7 Å². The summed E-state index contributed by atoms with van der Waals surface area (Å²) in [7, 11) is 0. The Labute approximate surface area is 139 Å². The summed E-state index contributed by atoms with van der Waals surface area (Å²) in [6, 6.07) is 4.02. The van der Waals surface area contributed by atoms with Gasteiger partial charge in [0.15, 0.2) is 6.61 Å². The highest BCUT2D eigenvalue weighted by Gasteiger charge is 2.28. The molecular formula is C16H23F3N2O3. The highest BCUT2D eigenvalue weighted by Crippen LogP contribution is 2.27. The summed E-state index contributed by atoms with van der Waals surface area (Å²) in [5.74, 6) is 0.158. The van der Waals surface area contributed by atoms with Crippen molar-refractivity contribution in [3.8, 4) is 5.75 Å². The average molecular weight is 348 g/mol. The number of aliphatic hydroxyl groups excluding tert-OH is 1. The Balaban J connectivity index is 2.59. The minimum atomic E-state index is -4.42. The molecule has 0 aromatic heterocycles. The number of hydrogen-bond acceptors (Lipinski definition) is 3. The van der Waals surface area contributed by atoms with Crippen LogP contribution >= 0.6 is 0 Å². The number of urea groups is 1. The molecule has 0 heterocycles. The highest BCUT2D eigenvalue weighted by atomic mass is 19.4. The van der Waals surface area contributed by atoms with E-state index in [1.807, 2.05) is 6.92 Å². The van der Waals surface area contributed by atoms with Crippen molar-refractivity contribution in [2.75, 3.05) is 18.5 Å². The Kier molecular flexibility index (Phi) is 7.34. The first-order valence-corrected chi connectivity index (χ1v) is 7.60. The van der Waals surface area contributed by atoms with Crippen molar-refractivity contribution in [1.29, 1.82) is 0 Å². The van der Waals surface area contributed by atoms with Gasteiger partial charge in [0.05, 0.1) is 6.10 Å². The summed E-state index contributed by atoms with van der Waals surface area (Å²) in [5, 5.41) is 14.5. The number of carbonyl (C=O) groups is 1. The molecule has 0 unspecified atom stereocenters. The minimum absolute atomic E-state index is 0.0626. The van der Waals surface area contributed by atoms with Crippen LogP contribution < -0.4 is 15.4 Å². The van der Waals surface area contributed by atoms with Crippen LogP contribution in [0.5, 0.6) is 5.75 Å². The van der Waals surface area contributed by atoms with E-state index in [0.29, 0.717) is 24.2 Å². The molecule has 5 nitrogen and oxygen atoms in total. The van der Waals surface area contributed by atoms with E-state index in [1.165, 1.54) is 12.1 Å². The Morgan fingerprint density at radius 3 is 2.58 bits per heavy atom. The lowest BCUT2D eigenvalue weighted by Crippen LogP contribution is -2.33. The van der Waals surface area contributed by atoms with Crippen LogP contribution in [0.1, 0.15) is 25.8 Å². The van der Waals surface area contributed by atoms with Crippen molar-refractivity contribution < 1.29 is 27.8 Å². The van der Waals surface area contributed by atoms with Gasteiger partial charge in [-0.3, -0.25) is 0 Å². The van der Waals surface area contributed by atoms with Gasteiger partial charge in [0.1, 0.15) is 5.75 Å². The van der Waals surface area contributed by atoms with Crippen LogP contribution in [0.25, 0.3) is 0 Å². The molecular weight excluding hydrogens is 325 g/mol. The number of amides is 2. The van der Waals surface area contributed by atoms with Crippen LogP contribution in [0, 0.1) is 12.8 Å². The number of alkyl halides is 3. The van der Waals surface area contributed by atoms with E-state index >= 15 is 0 Å². The molecule has 1 rings (SSSR count). The Bertz CT molecular complexity index is 548. The first kappa shape index (κ1) is 20.1. The first-order chi connectivity index (χ1) is 11.1. The van der Waals surface area contributed by atoms with Crippen molar-refractivity contribution in [3.63, 3.8) is 0 Å². The largest absolute Gasteiger partial charge is 0.484 e. The molecule has 0 fully saturated rings. The highest BCUT2D eigenvalue weighted by molar-refractivity contribution is 5.90. The van der Waals surface area contributed by atoms with Crippen LogP contribution in [0.4, 0.5) is 23.7 Å². The zero-order chi connectivity index (χ0) is 18.3. The molecule has 1 aromatic carbocycles. The summed E-state index contributed by atoms with van der Waals surface area (Å²) in [5.41, 5.74) is 0.782. The van der Waals surface area contributed by atoms with Crippen LogP contribution in [0.3, 0.4) is 0 Å². The first-order valence-electron chi connectivity index (χ1n) is 7.60. The number of rotatable bonds is 7. The number of anilines is 1. The summed E-state index contributed by atoms with van der Waals surface area (Å²) in [4.78, 5) is 11.9. The maximum absolute atomic E-state index is 12.2. The summed E-state index contributed by atoms with van der Waals surface area (Å²) >= 11 is 0. The van der Waals surface area contributed by atoms with Crippen LogP contribution in [0.15, 0.2) is 18.2 Å². The molecule has 3 N–H and O–H groups in total. The van der Waals surface area contributed by atoms with Crippen molar-refractivity contribution in [1.82, 2.24) is 5.32 Å². The molecule has 24 heavy (non-hydrogen) atoms. The van der Waals surface area contributed by atoms with Gasteiger partial charge in [0, 0.05) is 17.8 Å². The predicted octanol–water partition coefficient (Wildman–Crippen LogP) is 3.46. The van der Waals surface area contributed by atoms with E-state index in [9.17, 15) is 23.1 Å². The number of hydrogen-bond donors (Lipinski definition) is 3. The van der Waals surface area contributed by atoms with Crippen LogP contribution in [0.2, 0.25) is 0 Å². The number of ether oxygens (including phenoxy) is 1. The maximum atomic E-state index is 12.2. The van der Waals surface area contributed by atoms with Gasteiger partial charge in [-0.05, 0) is 38.3 Å². The van der Waals surface area contributed by atoms with Gasteiger partial charge >= 0.3 is 12.2 Å². The molecule has 2 amide bonds. The summed E-state index contributed by atoms with van der Waals surface area (Å²) in [6.07, 6.45) is -4.32. The monoisotopic (exact) mass is 348 g/mol. The average Bonchev–Trinajstić information content (AvgIpc) is 2.44. The fourth-order valence-corrected chi connectivity index (χ4v) is 2.16. The Hall–Kier alpha value is -1.96. The molecule has 0 bridgehead atoms. The quantitative estimate of drug-likeness (QED) is 0.707. The topological polar surface area (TPSA) is 70.6 Å². The lowest BCUT2D eigenvalue weighted by molar-refractivity contribution is -0.153. The lowest BCUT2D eigenvalue weighted by atomic mass is 10.1. The lowest BCUT2D eigenvalue weighted by Gasteiger charge is -2.17. The van der Waals surface area contributed by atoms with Gasteiger partial charge in [-0.15, -0.1) is 0 Å². The Morgan fingerprint density at radius 2 is 2.00 bits per heavy atom. The summed E-state index contributed by atoms with van der Waals surface area (Å²) in [6.45, 7) is 4.12. The second-order valence-electron chi connectivity index (χ2n) is 5.86. The maximum Gasteiger partial charge on any atom is 0.422 e.